The lowest BCUT2D eigenvalue weighted by atomic mass is 9.88. The van der Waals surface area contributed by atoms with Gasteiger partial charge in [0.2, 0.25) is 0 Å². The molecular formula is C12H22FNO. The molecule has 15 heavy (non-hydrogen) atoms. The number of hydrogen-bond donors (Lipinski definition) is 1. The largest absolute Gasteiger partial charge is 0.393 e. The number of nitrogens with zero attached hydrogens (tertiary/aromatic N) is 1. The van der Waals surface area contributed by atoms with Crippen LogP contribution in [0.5, 0.6) is 0 Å². The average Bonchev–Trinajstić information content (AvgIpc) is 2.66. The first-order valence-corrected chi connectivity index (χ1v) is 6.31. The minimum Gasteiger partial charge on any atom is -0.393 e. The molecular weight excluding hydrogens is 193 g/mol. The lowest BCUT2D eigenvalue weighted by Crippen LogP contribution is -2.47. The monoisotopic (exact) mass is 215 g/mol. The number of aliphatic hydroxyl groups excluding tert-OH is 1. The van der Waals surface area contributed by atoms with Gasteiger partial charge in [-0.1, -0.05) is 12.8 Å². The van der Waals surface area contributed by atoms with Crippen molar-refractivity contribution in [3.63, 3.8) is 0 Å². The Balaban J connectivity index is 1.97. The Morgan fingerprint density at radius 2 is 2.00 bits per heavy atom. The fraction of sp³-hybridized carbons (Fsp3) is 1.00. The van der Waals surface area contributed by atoms with Crippen LogP contribution in [0.3, 0.4) is 0 Å². The van der Waals surface area contributed by atoms with Gasteiger partial charge < -0.3 is 5.11 Å². The number of halogens is 1. The molecule has 3 unspecified atom stereocenters. The fourth-order valence-corrected chi connectivity index (χ4v) is 3.31. The molecule has 1 heterocycles. The molecule has 1 saturated carbocycles. The molecule has 2 aliphatic rings. The zero-order chi connectivity index (χ0) is 10.7. The van der Waals surface area contributed by atoms with Crippen LogP contribution in [0, 0.1) is 5.92 Å². The van der Waals surface area contributed by atoms with E-state index in [1.54, 1.807) is 0 Å². The minimum atomic E-state index is -0.251. The van der Waals surface area contributed by atoms with Crippen molar-refractivity contribution in [1.82, 2.24) is 4.90 Å². The van der Waals surface area contributed by atoms with Gasteiger partial charge in [-0.05, 0) is 32.2 Å². The summed E-state index contributed by atoms with van der Waals surface area (Å²) in [6, 6.07) is 0.451. The van der Waals surface area contributed by atoms with Crippen molar-refractivity contribution in [2.75, 3.05) is 19.8 Å². The summed E-state index contributed by atoms with van der Waals surface area (Å²) in [7, 11) is 0. The van der Waals surface area contributed by atoms with Crippen LogP contribution in [0.2, 0.25) is 0 Å². The molecule has 3 atom stereocenters. The maximum Gasteiger partial charge on any atom is 0.102 e. The fourth-order valence-electron chi connectivity index (χ4n) is 3.31. The Labute approximate surface area is 91.5 Å². The Morgan fingerprint density at radius 3 is 2.67 bits per heavy atom. The zero-order valence-electron chi connectivity index (χ0n) is 9.37. The predicted molar refractivity (Wildman–Crippen MR) is 58.5 cm³/mol. The molecule has 0 spiro atoms. The molecule has 0 aromatic rings. The molecule has 0 bridgehead atoms. The van der Waals surface area contributed by atoms with E-state index in [-0.39, 0.29) is 12.8 Å². The first kappa shape index (κ1) is 11.3. The van der Waals surface area contributed by atoms with Crippen LogP contribution in [-0.4, -0.2) is 41.9 Å². The summed E-state index contributed by atoms with van der Waals surface area (Å²) in [4.78, 5) is 2.27. The summed E-state index contributed by atoms with van der Waals surface area (Å²) in [6.07, 6.45) is 6.69. The quantitative estimate of drug-likeness (QED) is 0.778. The minimum absolute atomic E-state index is 0.129. The van der Waals surface area contributed by atoms with E-state index >= 15 is 0 Å². The van der Waals surface area contributed by atoms with Crippen molar-refractivity contribution in [3.8, 4) is 0 Å². The van der Waals surface area contributed by atoms with Gasteiger partial charge in [0.05, 0.1) is 6.10 Å². The number of alkyl halides is 1. The van der Waals surface area contributed by atoms with E-state index in [9.17, 15) is 9.50 Å². The van der Waals surface area contributed by atoms with E-state index in [2.05, 4.69) is 4.90 Å². The van der Waals surface area contributed by atoms with E-state index in [1.807, 2.05) is 0 Å². The van der Waals surface area contributed by atoms with Crippen LogP contribution in [0.4, 0.5) is 4.39 Å². The van der Waals surface area contributed by atoms with Gasteiger partial charge in [0.25, 0.3) is 0 Å². The van der Waals surface area contributed by atoms with Gasteiger partial charge in [-0.3, -0.25) is 4.90 Å². The maximum atomic E-state index is 12.4. The molecule has 2 fully saturated rings. The second-order valence-electron chi connectivity index (χ2n) is 4.95. The standard InChI is InChI=1S/C12H22FNO/c13-7-9-14-8-2-1-5-11(14)10-4-3-6-12(10)15/h10-12,15H,1-9H2. The highest BCUT2D eigenvalue weighted by Crippen LogP contribution is 2.34. The van der Waals surface area contributed by atoms with Crippen molar-refractivity contribution in [2.24, 2.45) is 5.92 Å². The first-order valence-electron chi connectivity index (χ1n) is 6.31. The van der Waals surface area contributed by atoms with Gasteiger partial charge >= 0.3 is 0 Å². The predicted octanol–water partition coefficient (Wildman–Crippen LogP) is 1.97. The molecule has 0 aromatic carbocycles. The number of aliphatic hydroxyl groups is 1. The van der Waals surface area contributed by atoms with Crippen molar-refractivity contribution < 1.29 is 9.50 Å². The van der Waals surface area contributed by atoms with E-state index in [0.29, 0.717) is 18.5 Å². The molecule has 0 amide bonds. The molecule has 1 aliphatic carbocycles. The summed E-state index contributed by atoms with van der Waals surface area (Å²) in [5.74, 6) is 0.414. The Morgan fingerprint density at radius 1 is 1.13 bits per heavy atom. The smallest absolute Gasteiger partial charge is 0.102 e. The summed E-state index contributed by atoms with van der Waals surface area (Å²) >= 11 is 0. The van der Waals surface area contributed by atoms with Crippen LogP contribution >= 0.6 is 0 Å². The molecule has 1 N–H and O–H groups in total. The summed E-state index contributed by atoms with van der Waals surface area (Å²) in [5.41, 5.74) is 0. The highest BCUT2D eigenvalue weighted by Gasteiger charge is 2.36. The highest BCUT2D eigenvalue weighted by atomic mass is 19.1. The van der Waals surface area contributed by atoms with Gasteiger partial charge in [-0.2, -0.15) is 0 Å². The molecule has 1 saturated heterocycles. The topological polar surface area (TPSA) is 23.5 Å². The third-order valence-corrected chi connectivity index (χ3v) is 4.06. The molecule has 3 heteroatoms. The molecule has 0 aromatic heterocycles. The van der Waals surface area contributed by atoms with Crippen LogP contribution in [0.25, 0.3) is 0 Å². The van der Waals surface area contributed by atoms with Crippen LogP contribution in [0.15, 0.2) is 0 Å². The Bertz CT molecular complexity index is 198. The average molecular weight is 215 g/mol. The van der Waals surface area contributed by atoms with E-state index in [1.165, 1.54) is 12.8 Å². The van der Waals surface area contributed by atoms with Crippen molar-refractivity contribution >= 4 is 0 Å². The highest BCUT2D eigenvalue weighted by molar-refractivity contribution is 4.90. The second-order valence-corrected chi connectivity index (χ2v) is 4.95. The van der Waals surface area contributed by atoms with Gasteiger partial charge in [0.15, 0.2) is 0 Å². The van der Waals surface area contributed by atoms with Gasteiger partial charge in [0, 0.05) is 18.5 Å². The van der Waals surface area contributed by atoms with E-state index in [4.69, 9.17) is 0 Å². The van der Waals surface area contributed by atoms with Crippen LogP contribution in [-0.2, 0) is 0 Å². The number of piperidine rings is 1. The van der Waals surface area contributed by atoms with E-state index < -0.39 is 0 Å². The number of hydrogen-bond acceptors (Lipinski definition) is 2. The normalized spacial score (nSPS) is 38.4. The molecule has 1 aliphatic heterocycles. The third-order valence-electron chi connectivity index (χ3n) is 4.06. The second kappa shape index (κ2) is 5.26. The number of rotatable bonds is 3. The lowest BCUT2D eigenvalue weighted by molar-refractivity contribution is 0.0327. The van der Waals surface area contributed by atoms with Crippen LogP contribution in [0.1, 0.15) is 38.5 Å². The zero-order valence-corrected chi connectivity index (χ0v) is 9.37. The van der Waals surface area contributed by atoms with Crippen molar-refractivity contribution in [2.45, 2.75) is 50.7 Å². The third kappa shape index (κ3) is 2.51. The summed E-state index contributed by atoms with van der Waals surface area (Å²) < 4.78 is 12.4. The van der Waals surface area contributed by atoms with Crippen molar-refractivity contribution in [1.29, 1.82) is 0 Å². The SMILES string of the molecule is OC1CCCC1C1CCCCN1CCF. The molecule has 0 radical (unpaired) electrons. The first-order chi connectivity index (χ1) is 7.33. The summed E-state index contributed by atoms with van der Waals surface area (Å²) in [6.45, 7) is 1.34. The Hall–Kier alpha value is -0.150. The lowest BCUT2D eigenvalue weighted by Gasteiger charge is -2.39. The number of likely N-dealkylation sites (tertiary alicyclic amines) is 1. The van der Waals surface area contributed by atoms with Crippen molar-refractivity contribution in [3.05, 3.63) is 0 Å². The Kier molecular flexibility index (Phi) is 3.98. The molecule has 2 rings (SSSR count). The maximum absolute atomic E-state index is 12.4. The van der Waals surface area contributed by atoms with Gasteiger partial charge in [-0.25, -0.2) is 4.39 Å². The molecule has 2 nitrogen and oxygen atoms in total. The summed E-state index contributed by atoms with van der Waals surface area (Å²) in [5, 5.41) is 9.91. The van der Waals surface area contributed by atoms with Gasteiger partial charge in [0.1, 0.15) is 6.67 Å². The van der Waals surface area contributed by atoms with E-state index in [0.717, 1.165) is 32.2 Å². The van der Waals surface area contributed by atoms with Gasteiger partial charge in [-0.15, -0.1) is 0 Å². The molecule has 88 valence electrons. The van der Waals surface area contributed by atoms with Crippen LogP contribution < -0.4 is 0 Å².